The average Bonchev–Trinajstić information content (AvgIpc) is 2.99. The summed E-state index contributed by atoms with van der Waals surface area (Å²) in [5.41, 5.74) is 1.70. The van der Waals surface area contributed by atoms with Crippen LogP contribution in [0.4, 0.5) is 11.4 Å². The first-order chi connectivity index (χ1) is 12.9. The predicted octanol–water partition coefficient (Wildman–Crippen LogP) is 1.53. The Labute approximate surface area is 156 Å². The normalized spacial score (nSPS) is 17.7. The number of hydrogen-bond donors (Lipinski definition) is 4. The van der Waals surface area contributed by atoms with Gasteiger partial charge in [-0.25, -0.2) is 0 Å². The smallest absolute Gasteiger partial charge is 0.313 e. The van der Waals surface area contributed by atoms with Crippen molar-refractivity contribution in [3.05, 3.63) is 59.7 Å². The number of aliphatic hydroxyl groups is 1. The van der Waals surface area contributed by atoms with E-state index in [-0.39, 0.29) is 12.5 Å². The number of anilines is 2. The van der Waals surface area contributed by atoms with Gasteiger partial charge in [-0.05, 0) is 48.2 Å². The van der Waals surface area contributed by atoms with Gasteiger partial charge >= 0.3 is 11.8 Å². The SMILES string of the molecule is CC(=O)Nc1ccc(NC(=O)C(=O)NCC2(O)CCc3ccccc32)cc1. The van der Waals surface area contributed by atoms with Crippen molar-refractivity contribution in [2.45, 2.75) is 25.4 Å². The minimum atomic E-state index is -1.16. The highest BCUT2D eigenvalue weighted by atomic mass is 16.3. The van der Waals surface area contributed by atoms with Crippen LogP contribution < -0.4 is 16.0 Å². The van der Waals surface area contributed by atoms with E-state index in [1.54, 1.807) is 24.3 Å². The first-order valence-electron chi connectivity index (χ1n) is 8.65. The molecule has 0 spiro atoms. The molecule has 27 heavy (non-hydrogen) atoms. The van der Waals surface area contributed by atoms with Gasteiger partial charge in [-0.2, -0.15) is 0 Å². The number of aryl methyl sites for hydroxylation is 1. The van der Waals surface area contributed by atoms with E-state index in [1.165, 1.54) is 6.92 Å². The fourth-order valence-corrected chi connectivity index (χ4v) is 3.19. The zero-order valence-corrected chi connectivity index (χ0v) is 14.9. The molecule has 7 nitrogen and oxygen atoms in total. The van der Waals surface area contributed by atoms with Gasteiger partial charge in [0.2, 0.25) is 5.91 Å². The second kappa shape index (κ2) is 7.59. The number of hydrogen-bond acceptors (Lipinski definition) is 4. The number of nitrogens with one attached hydrogen (secondary N) is 3. The molecule has 0 radical (unpaired) electrons. The lowest BCUT2D eigenvalue weighted by Gasteiger charge is -2.24. The van der Waals surface area contributed by atoms with Crippen molar-refractivity contribution in [2.75, 3.05) is 17.2 Å². The number of fused-ring (bicyclic) bond motifs is 1. The van der Waals surface area contributed by atoms with Crippen LogP contribution in [0.1, 0.15) is 24.5 Å². The second-order valence-corrected chi connectivity index (χ2v) is 6.58. The minimum absolute atomic E-state index is 0.0300. The van der Waals surface area contributed by atoms with Crippen LogP contribution in [0.3, 0.4) is 0 Å². The lowest BCUT2D eigenvalue weighted by Crippen LogP contribution is -2.43. The summed E-state index contributed by atoms with van der Waals surface area (Å²) in [6.07, 6.45) is 1.23. The molecule has 3 rings (SSSR count). The van der Waals surface area contributed by atoms with Crippen molar-refractivity contribution >= 4 is 29.1 Å². The van der Waals surface area contributed by atoms with Gasteiger partial charge in [0.1, 0.15) is 5.60 Å². The summed E-state index contributed by atoms with van der Waals surface area (Å²) in [6.45, 7) is 1.37. The molecule has 140 valence electrons. The standard InChI is InChI=1S/C20H21N3O4/c1-13(24)22-15-6-8-16(9-7-15)23-19(26)18(25)21-12-20(27)11-10-14-4-2-3-5-17(14)20/h2-9,27H,10-12H2,1H3,(H,21,25)(H,22,24)(H,23,26). The van der Waals surface area contributed by atoms with Crippen LogP contribution in [0.25, 0.3) is 0 Å². The summed E-state index contributed by atoms with van der Waals surface area (Å²) in [4.78, 5) is 35.1. The molecule has 0 saturated carbocycles. The lowest BCUT2D eigenvalue weighted by atomic mass is 9.96. The fraction of sp³-hybridized carbons (Fsp3) is 0.250. The van der Waals surface area contributed by atoms with Crippen LogP contribution in [-0.2, 0) is 26.4 Å². The maximum atomic E-state index is 12.1. The molecule has 3 amide bonds. The molecular weight excluding hydrogens is 346 g/mol. The zero-order valence-electron chi connectivity index (χ0n) is 14.9. The number of carbonyl (C=O) groups excluding carboxylic acids is 3. The highest BCUT2D eigenvalue weighted by Crippen LogP contribution is 2.36. The molecule has 0 fully saturated rings. The van der Waals surface area contributed by atoms with Gasteiger partial charge in [-0.1, -0.05) is 24.3 Å². The van der Waals surface area contributed by atoms with Crippen LogP contribution in [0.15, 0.2) is 48.5 Å². The van der Waals surface area contributed by atoms with Crippen LogP contribution in [0.2, 0.25) is 0 Å². The molecule has 1 aliphatic rings. The van der Waals surface area contributed by atoms with Gasteiger partial charge in [0.15, 0.2) is 0 Å². The monoisotopic (exact) mass is 367 g/mol. The molecule has 2 aromatic rings. The first-order valence-corrected chi connectivity index (χ1v) is 8.65. The van der Waals surface area contributed by atoms with Crippen molar-refractivity contribution in [1.29, 1.82) is 0 Å². The van der Waals surface area contributed by atoms with E-state index in [4.69, 9.17) is 0 Å². The summed E-state index contributed by atoms with van der Waals surface area (Å²) >= 11 is 0. The topological polar surface area (TPSA) is 108 Å². The Morgan fingerprint density at radius 2 is 1.59 bits per heavy atom. The van der Waals surface area contributed by atoms with E-state index in [9.17, 15) is 19.5 Å². The zero-order chi connectivity index (χ0) is 19.4. The lowest BCUT2D eigenvalue weighted by molar-refractivity contribution is -0.136. The van der Waals surface area contributed by atoms with Gasteiger partial charge in [-0.3, -0.25) is 14.4 Å². The van der Waals surface area contributed by atoms with Gasteiger partial charge in [0.25, 0.3) is 0 Å². The van der Waals surface area contributed by atoms with E-state index in [0.29, 0.717) is 17.8 Å². The number of rotatable bonds is 4. The largest absolute Gasteiger partial charge is 0.383 e. The van der Waals surface area contributed by atoms with Gasteiger partial charge in [0, 0.05) is 18.3 Å². The number of carbonyl (C=O) groups is 3. The van der Waals surface area contributed by atoms with Crippen molar-refractivity contribution in [3.8, 4) is 0 Å². The Morgan fingerprint density at radius 1 is 0.963 bits per heavy atom. The molecule has 1 aliphatic carbocycles. The Kier molecular flexibility index (Phi) is 5.23. The average molecular weight is 367 g/mol. The molecule has 1 unspecified atom stereocenters. The third-order valence-corrected chi connectivity index (χ3v) is 4.54. The quantitative estimate of drug-likeness (QED) is 0.615. The highest BCUT2D eigenvalue weighted by Gasteiger charge is 2.37. The Bertz CT molecular complexity index is 879. The molecule has 1 atom stereocenters. The van der Waals surface area contributed by atoms with E-state index < -0.39 is 17.4 Å². The molecule has 0 aromatic heterocycles. The molecule has 0 aliphatic heterocycles. The van der Waals surface area contributed by atoms with E-state index in [2.05, 4.69) is 16.0 Å². The van der Waals surface area contributed by atoms with Gasteiger partial charge in [0.05, 0.1) is 6.54 Å². The number of amides is 3. The van der Waals surface area contributed by atoms with E-state index in [1.807, 2.05) is 24.3 Å². The van der Waals surface area contributed by atoms with Crippen LogP contribution in [-0.4, -0.2) is 29.4 Å². The van der Waals surface area contributed by atoms with Crippen LogP contribution in [0.5, 0.6) is 0 Å². The molecule has 2 aromatic carbocycles. The summed E-state index contributed by atoms with van der Waals surface area (Å²) in [6, 6.07) is 13.9. The maximum Gasteiger partial charge on any atom is 0.313 e. The summed E-state index contributed by atoms with van der Waals surface area (Å²) in [5, 5.41) is 18.4. The molecular formula is C20H21N3O4. The van der Waals surface area contributed by atoms with Crippen molar-refractivity contribution in [1.82, 2.24) is 5.32 Å². The van der Waals surface area contributed by atoms with Gasteiger partial charge in [-0.15, -0.1) is 0 Å². The third-order valence-electron chi connectivity index (χ3n) is 4.54. The van der Waals surface area contributed by atoms with Crippen molar-refractivity contribution < 1.29 is 19.5 Å². The molecule has 4 N–H and O–H groups in total. The molecule has 7 heteroatoms. The third kappa shape index (κ3) is 4.32. The molecule has 0 heterocycles. The van der Waals surface area contributed by atoms with E-state index >= 15 is 0 Å². The Morgan fingerprint density at radius 3 is 2.26 bits per heavy atom. The Balaban J connectivity index is 1.55. The van der Waals surface area contributed by atoms with Gasteiger partial charge < -0.3 is 21.1 Å². The highest BCUT2D eigenvalue weighted by molar-refractivity contribution is 6.39. The van der Waals surface area contributed by atoms with E-state index in [0.717, 1.165) is 17.5 Å². The summed E-state index contributed by atoms with van der Waals surface area (Å²) in [5.74, 6) is -1.84. The summed E-state index contributed by atoms with van der Waals surface area (Å²) in [7, 11) is 0. The minimum Gasteiger partial charge on any atom is -0.383 e. The molecule has 0 bridgehead atoms. The maximum absolute atomic E-state index is 12.1. The second-order valence-electron chi connectivity index (χ2n) is 6.58. The molecule has 0 saturated heterocycles. The summed E-state index contributed by atoms with van der Waals surface area (Å²) < 4.78 is 0. The first kappa shape index (κ1) is 18.6. The van der Waals surface area contributed by atoms with Crippen LogP contribution in [0, 0.1) is 0 Å². The van der Waals surface area contributed by atoms with Crippen molar-refractivity contribution in [2.24, 2.45) is 0 Å². The predicted molar refractivity (Wildman–Crippen MR) is 101 cm³/mol. The Hall–Kier alpha value is -3.19. The van der Waals surface area contributed by atoms with Crippen molar-refractivity contribution in [3.63, 3.8) is 0 Å². The number of benzene rings is 2. The fourth-order valence-electron chi connectivity index (χ4n) is 3.19. The van der Waals surface area contributed by atoms with Crippen LogP contribution >= 0.6 is 0 Å².